The first-order valence-electron chi connectivity index (χ1n) is 5.38. The van der Waals surface area contributed by atoms with E-state index in [1.807, 2.05) is 18.2 Å². The molecular formula is C12H16NNaO2. The van der Waals surface area contributed by atoms with Gasteiger partial charge in [-0.05, 0) is 25.0 Å². The molecule has 3 nitrogen and oxygen atoms in total. The molecule has 4 heteroatoms. The van der Waals surface area contributed by atoms with E-state index in [0.717, 1.165) is 25.9 Å². The third-order valence-electron chi connectivity index (χ3n) is 2.54. The van der Waals surface area contributed by atoms with Gasteiger partial charge in [0, 0.05) is 13.1 Å². The van der Waals surface area contributed by atoms with Crippen molar-refractivity contribution in [3.05, 3.63) is 35.9 Å². The Bertz CT molecular complexity index is 329. The van der Waals surface area contributed by atoms with Gasteiger partial charge in [0.25, 0.3) is 0 Å². The first kappa shape index (κ1) is 13.7. The van der Waals surface area contributed by atoms with Gasteiger partial charge in [-0.2, -0.15) is 0 Å². The van der Waals surface area contributed by atoms with Crippen molar-refractivity contribution in [2.24, 2.45) is 0 Å². The van der Waals surface area contributed by atoms with Gasteiger partial charge in [-0.1, -0.05) is 24.6 Å². The summed E-state index contributed by atoms with van der Waals surface area (Å²) < 4.78 is 0. The minimum atomic E-state index is -0.252. The molecule has 2 rings (SSSR count). The van der Waals surface area contributed by atoms with Gasteiger partial charge in [-0.3, -0.25) is 0 Å². The molecule has 1 aromatic carbocycles. The summed E-state index contributed by atoms with van der Waals surface area (Å²) >= 11 is 0. The van der Waals surface area contributed by atoms with Crippen LogP contribution in [0.5, 0.6) is 0 Å². The summed E-state index contributed by atoms with van der Waals surface area (Å²) in [5.74, 6) is -0.252. The topological polar surface area (TPSA) is 29.5 Å². The number of nitrogens with zero attached hydrogens (tertiary/aromatic N) is 1. The minimum absolute atomic E-state index is 0. The number of benzene rings is 1. The first-order chi connectivity index (χ1) is 7.36. The zero-order valence-electron chi connectivity index (χ0n) is 10.7. The van der Waals surface area contributed by atoms with E-state index in [2.05, 4.69) is 0 Å². The van der Waals surface area contributed by atoms with Gasteiger partial charge in [0.15, 0.2) is 0 Å². The van der Waals surface area contributed by atoms with Crippen LogP contribution in [0.25, 0.3) is 0 Å². The third-order valence-corrected chi connectivity index (χ3v) is 2.54. The Morgan fingerprint density at radius 1 is 1.12 bits per heavy atom. The van der Waals surface area contributed by atoms with Crippen LogP contribution >= 0.6 is 0 Å². The van der Waals surface area contributed by atoms with Crippen molar-refractivity contribution in [2.75, 3.05) is 13.1 Å². The van der Waals surface area contributed by atoms with Gasteiger partial charge < -0.3 is 6.26 Å². The fraction of sp³-hybridized carbons (Fsp3) is 0.417. The first-order valence-corrected chi connectivity index (χ1v) is 5.38. The molecule has 0 atom stereocenters. The van der Waals surface area contributed by atoms with Crippen LogP contribution in [-0.4, -0.2) is 24.1 Å². The van der Waals surface area contributed by atoms with Crippen molar-refractivity contribution >= 4 is 5.97 Å². The van der Waals surface area contributed by atoms with Gasteiger partial charge in [0.05, 0.1) is 5.56 Å². The molecule has 0 N–H and O–H groups in total. The SMILES string of the molecule is O=C(ON1CCCCC1)c1ccccc1.[H-].[Na+]. The number of piperidine rings is 1. The number of hydroxylamine groups is 2. The summed E-state index contributed by atoms with van der Waals surface area (Å²) in [6, 6.07) is 9.11. The maximum absolute atomic E-state index is 11.6. The summed E-state index contributed by atoms with van der Waals surface area (Å²) in [7, 11) is 0. The molecule has 0 spiro atoms. The second kappa shape index (κ2) is 7.07. The molecule has 82 valence electrons. The molecule has 1 heterocycles. The summed E-state index contributed by atoms with van der Waals surface area (Å²) in [6.45, 7) is 1.72. The number of carbonyl (C=O) groups is 1. The van der Waals surface area contributed by atoms with Gasteiger partial charge in [-0.15, -0.1) is 5.06 Å². The number of carbonyl (C=O) groups excluding carboxylic acids is 1. The third kappa shape index (κ3) is 3.91. The predicted octanol–water partition coefficient (Wildman–Crippen LogP) is -0.639. The van der Waals surface area contributed by atoms with Crippen LogP contribution in [0.1, 0.15) is 31.0 Å². The van der Waals surface area contributed by atoms with Crippen LogP contribution in [0, 0.1) is 0 Å². The Labute approximate surface area is 120 Å². The van der Waals surface area contributed by atoms with Gasteiger partial charge >= 0.3 is 35.5 Å². The fourth-order valence-corrected chi connectivity index (χ4v) is 1.70. The molecule has 1 aromatic rings. The minimum Gasteiger partial charge on any atom is -1.00 e. The normalized spacial score (nSPS) is 16.2. The van der Waals surface area contributed by atoms with Crippen LogP contribution in [-0.2, 0) is 4.84 Å². The van der Waals surface area contributed by atoms with Crippen molar-refractivity contribution in [3.8, 4) is 0 Å². The fourth-order valence-electron chi connectivity index (χ4n) is 1.70. The molecule has 0 amide bonds. The molecule has 1 aliphatic heterocycles. The Hall–Kier alpha value is -0.350. The van der Waals surface area contributed by atoms with Crippen LogP contribution < -0.4 is 29.6 Å². The molecule has 0 aliphatic carbocycles. The second-order valence-corrected chi connectivity index (χ2v) is 3.73. The molecule has 0 unspecified atom stereocenters. The van der Waals surface area contributed by atoms with Crippen molar-refractivity contribution in [2.45, 2.75) is 19.3 Å². The van der Waals surface area contributed by atoms with E-state index < -0.39 is 0 Å². The van der Waals surface area contributed by atoms with E-state index in [0.29, 0.717) is 5.56 Å². The molecule has 16 heavy (non-hydrogen) atoms. The van der Waals surface area contributed by atoms with Crippen molar-refractivity contribution < 1.29 is 40.6 Å². The van der Waals surface area contributed by atoms with Gasteiger partial charge in [0.2, 0.25) is 0 Å². The second-order valence-electron chi connectivity index (χ2n) is 3.73. The summed E-state index contributed by atoms with van der Waals surface area (Å²) in [6.07, 6.45) is 3.46. The van der Waals surface area contributed by atoms with E-state index in [4.69, 9.17) is 4.84 Å². The zero-order chi connectivity index (χ0) is 10.5. The molecule has 1 saturated heterocycles. The molecule has 0 aromatic heterocycles. The van der Waals surface area contributed by atoms with Crippen molar-refractivity contribution in [1.82, 2.24) is 5.06 Å². The van der Waals surface area contributed by atoms with Crippen LogP contribution in [0.4, 0.5) is 0 Å². The molecule has 0 bridgehead atoms. The smallest absolute Gasteiger partial charge is 1.00 e. The zero-order valence-corrected chi connectivity index (χ0v) is 11.7. The van der Waals surface area contributed by atoms with E-state index in [1.165, 1.54) is 6.42 Å². The molecule has 0 radical (unpaired) electrons. The van der Waals surface area contributed by atoms with Gasteiger partial charge in [-0.25, -0.2) is 4.79 Å². The number of hydrogen-bond acceptors (Lipinski definition) is 3. The Kier molecular flexibility index (Phi) is 6.06. The molecule has 1 fully saturated rings. The van der Waals surface area contributed by atoms with Crippen molar-refractivity contribution in [3.63, 3.8) is 0 Å². The predicted molar refractivity (Wildman–Crippen MR) is 58.4 cm³/mol. The van der Waals surface area contributed by atoms with E-state index in [9.17, 15) is 4.79 Å². The average Bonchev–Trinajstić information content (AvgIpc) is 2.31. The molecular weight excluding hydrogens is 213 g/mol. The Morgan fingerprint density at radius 3 is 2.38 bits per heavy atom. The Morgan fingerprint density at radius 2 is 1.75 bits per heavy atom. The monoisotopic (exact) mass is 229 g/mol. The summed E-state index contributed by atoms with van der Waals surface area (Å²) in [4.78, 5) is 16.9. The summed E-state index contributed by atoms with van der Waals surface area (Å²) in [5.41, 5.74) is 0.614. The number of rotatable bonds is 2. The summed E-state index contributed by atoms with van der Waals surface area (Å²) in [5, 5.41) is 1.76. The van der Waals surface area contributed by atoms with Crippen LogP contribution in [0.3, 0.4) is 0 Å². The van der Waals surface area contributed by atoms with Crippen molar-refractivity contribution in [1.29, 1.82) is 0 Å². The largest absolute Gasteiger partial charge is 1.00 e. The maximum Gasteiger partial charge on any atom is 1.00 e. The number of hydrogen-bond donors (Lipinski definition) is 0. The van der Waals surface area contributed by atoms with Crippen LogP contribution in [0.15, 0.2) is 30.3 Å². The molecule has 0 saturated carbocycles. The van der Waals surface area contributed by atoms with E-state index >= 15 is 0 Å². The maximum atomic E-state index is 11.6. The molecule has 1 aliphatic rings. The Balaban J connectivity index is 0.00000128. The quantitative estimate of drug-likeness (QED) is 0.632. The van der Waals surface area contributed by atoms with Gasteiger partial charge in [0.1, 0.15) is 0 Å². The average molecular weight is 229 g/mol. The van der Waals surface area contributed by atoms with E-state index in [-0.39, 0.29) is 37.0 Å². The van der Waals surface area contributed by atoms with Crippen LogP contribution in [0.2, 0.25) is 0 Å². The standard InChI is InChI=1S/C12H15NO2.Na.H/c14-12(11-7-3-1-4-8-11)15-13-9-5-2-6-10-13;;/h1,3-4,7-8H,2,5-6,9-10H2;;/q;+1;-1. The van der Waals surface area contributed by atoms with E-state index in [1.54, 1.807) is 17.2 Å².